The molecule has 5 heteroatoms. The van der Waals surface area contributed by atoms with E-state index in [1.54, 1.807) is 6.92 Å². The fourth-order valence-corrected chi connectivity index (χ4v) is 1.71. The first kappa shape index (κ1) is 17.3. The lowest BCUT2D eigenvalue weighted by Gasteiger charge is -2.18. The van der Waals surface area contributed by atoms with Gasteiger partial charge in [0.15, 0.2) is 0 Å². The second kappa shape index (κ2) is 8.52. The fourth-order valence-electron chi connectivity index (χ4n) is 1.71. The van der Waals surface area contributed by atoms with E-state index in [2.05, 4.69) is 17.6 Å². The lowest BCUT2D eigenvalue weighted by molar-refractivity contribution is 0.213. The van der Waals surface area contributed by atoms with Crippen LogP contribution in [0.5, 0.6) is 5.75 Å². The monoisotopic (exact) mass is 294 g/mol. The van der Waals surface area contributed by atoms with Crippen molar-refractivity contribution in [3.63, 3.8) is 0 Å². The van der Waals surface area contributed by atoms with Gasteiger partial charge < -0.3 is 20.5 Å². The average Bonchev–Trinajstić information content (AvgIpc) is 2.46. The number of carbonyl (C=O) groups excluding carboxylic acids is 1. The summed E-state index contributed by atoms with van der Waals surface area (Å²) in [5.41, 5.74) is 2.06. The molecule has 0 saturated heterocycles. The number of benzene rings is 1. The normalized spacial score (nSPS) is 13.4. The van der Waals surface area contributed by atoms with Crippen LogP contribution >= 0.6 is 0 Å². The number of carbonyl (C=O) groups is 1. The van der Waals surface area contributed by atoms with Gasteiger partial charge in [0.2, 0.25) is 0 Å². The van der Waals surface area contributed by atoms with Gasteiger partial charge in [0.1, 0.15) is 5.75 Å². The van der Waals surface area contributed by atoms with E-state index >= 15 is 0 Å². The van der Waals surface area contributed by atoms with E-state index in [0.717, 1.165) is 23.3 Å². The molecule has 0 aliphatic rings. The minimum absolute atomic E-state index is 0.0830. The Bertz CT molecular complexity index is 463. The van der Waals surface area contributed by atoms with Gasteiger partial charge in [0.25, 0.3) is 0 Å². The quantitative estimate of drug-likeness (QED) is 0.723. The molecule has 0 aliphatic heterocycles. The van der Waals surface area contributed by atoms with Crippen LogP contribution in [0.15, 0.2) is 18.2 Å². The molecule has 0 aliphatic carbocycles. The summed E-state index contributed by atoms with van der Waals surface area (Å²) in [6.45, 7) is 8.15. The van der Waals surface area contributed by atoms with Crippen LogP contribution < -0.4 is 15.4 Å². The zero-order chi connectivity index (χ0) is 15.8. The van der Waals surface area contributed by atoms with Crippen molar-refractivity contribution in [3.8, 4) is 5.75 Å². The van der Waals surface area contributed by atoms with Gasteiger partial charge in [-0.05, 0) is 38.8 Å². The maximum Gasteiger partial charge on any atom is 0.315 e. The number of nitrogens with one attached hydrogen (secondary N) is 2. The molecule has 1 aromatic carbocycles. The highest BCUT2D eigenvalue weighted by atomic mass is 16.5. The molecule has 1 rings (SSSR count). The van der Waals surface area contributed by atoms with Crippen LogP contribution in [0.2, 0.25) is 0 Å². The summed E-state index contributed by atoms with van der Waals surface area (Å²) >= 11 is 0. The zero-order valence-electron chi connectivity index (χ0n) is 13.3. The predicted molar refractivity (Wildman–Crippen MR) is 83.5 cm³/mol. The lowest BCUT2D eigenvalue weighted by atomic mass is 10.1. The van der Waals surface area contributed by atoms with Gasteiger partial charge in [-0.15, -0.1) is 0 Å². The molecule has 2 atom stereocenters. The van der Waals surface area contributed by atoms with Crippen LogP contribution in [-0.4, -0.2) is 29.9 Å². The highest BCUT2D eigenvalue weighted by molar-refractivity contribution is 5.74. The Morgan fingerprint density at radius 3 is 2.71 bits per heavy atom. The van der Waals surface area contributed by atoms with Crippen molar-refractivity contribution in [2.24, 2.45) is 0 Å². The highest BCUT2D eigenvalue weighted by Crippen LogP contribution is 2.22. The van der Waals surface area contributed by atoms with Crippen LogP contribution in [0, 0.1) is 6.92 Å². The molecule has 0 fully saturated rings. The SMILES string of the molecule is CCC(C)Oc1cc(C)ccc1CNC(=O)N[C@@H](C)CO. The van der Waals surface area contributed by atoms with Crippen molar-refractivity contribution in [2.75, 3.05) is 6.61 Å². The third-order valence-corrected chi connectivity index (χ3v) is 3.22. The van der Waals surface area contributed by atoms with E-state index < -0.39 is 0 Å². The lowest BCUT2D eigenvalue weighted by Crippen LogP contribution is -2.42. The predicted octanol–water partition coefficient (Wildman–Crippen LogP) is 2.35. The van der Waals surface area contributed by atoms with E-state index in [1.165, 1.54) is 0 Å². The Labute approximate surface area is 126 Å². The summed E-state index contributed by atoms with van der Waals surface area (Å²) in [5, 5.41) is 14.3. The number of ether oxygens (including phenoxy) is 1. The van der Waals surface area contributed by atoms with Crippen molar-refractivity contribution >= 4 is 6.03 Å². The topological polar surface area (TPSA) is 70.6 Å². The third-order valence-electron chi connectivity index (χ3n) is 3.22. The zero-order valence-corrected chi connectivity index (χ0v) is 13.3. The van der Waals surface area contributed by atoms with Crippen LogP contribution in [0.4, 0.5) is 4.79 Å². The summed E-state index contributed by atoms with van der Waals surface area (Å²) in [6.07, 6.45) is 1.06. The van der Waals surface area contributed by atoms with Crippen molar-refractivity contribution in [3.05, 3.63) is 29.3 Å². The van der Waals surface area contributed by atoms with Crippen molar-refractivity contribution in [2.45, 2.75) is 52.8 Å². The Morgan fingerprint density at radius 1 is 1.38 bits per heavy atom. The second-order valence-electron chi connectivity index (χ2n) is 5.36. The Balaban J connectivity index is 2.67. The van der Waals surface area contributed by atoms with Gasteiger partial charge in [-0.3, -0.25) is 0 Å². The third kappa shape index (κ3) is 6.04. The van der Waals surface area contributed by atoms with Crippen molar-refractivity contribution in [1.82, 2.24) is 10.6 Å². The highest BCUT2D eigenvalue weighted by Gasteiger charge is 2.10. The van der Waals surface area contributed by atoms with Gasteiger partial charge in [-0.1, -0.05) is 19.1 Å². The second-order valence-corrected chi connectivity index (χ2v) is 5.36. The molecule has 118 valence electrons. The van der Waals surface area contributed by atoms with E-state index in [4.69, 9.17) is 9.84 Å². The minimum atomic E-state index is -0.299. The van der Waals surface area contributed by atoms with Gasteiger partial charge in [-0.25, -0.2) is 4.79 Å². The minimum Gasteiger partial charge on any atom is -0.490 e. The summed E-state index contributed by atoms with van der Waals surface area (Å²) in [4.78, 5) is 11.7. The largest absolute Gasteiger partial charge is 0.490 e. The number of amides is 2. The Morgan fingerprint density at radius 2 is 2.10 bits per heavy atom. The standard InChI is InChI=1S/C16H26N2O3/c1-5-13(4)21-15-8-11(2)6-7-14(15)9-17-16(20)18-12(3)10-19/h6-8,12-13,19H,5,9-10H2,1-4H3,(H2,17,18,20)/t12-,13?/m0/s1. The van der Waals surface area contributed by atoms with Gasteiger partial charge >= 0.3 is 6.03 Å². The molecule has 0 bridgehead atoms. The average molecular weight is 294 g/mol. The molecule has 0 heterocycles. The van der Waals surface area contributed by atoms with Gasteiger partial charge in [0.05, 0.1) is 18.8 Å². The van der Waals surface area contributed by atoms with E-state index in [1.807, 2.05) is 32.0 Å². The molecule has 0 aromatic heterocycles. The van der Waals surface area contributed by atoms with Crippen molar-refractivity contribution in [1.29, 1.82) is 0 Å². The Kier molecular flexibility index (Phi) is 7.02. The molecule has 0 saturated carbocycles. The smallest absolute Gasteiger partial charge is 0.315 e. The molecular formula is C16H26N2O3. The number of hydrogen-bond donors (Lipinski definition) is 3. The molecule has 21 heavy (non-hydrogen) atoms. The first-order valence-corrected chi connectivity index (χ1v) is 7.37. The van der Waals surface area contributed by atoms with Crippen molar-refractivity contribution < 1.29 is 14.6 Å². The van der Waals surface area contributed by atoms with Crippen LogP contribution in [0.1, 0.15) is 38.3 Å². The number of aliphatic hydroxyl groups is 1. The fraction of sp³-hybridized carbons (Fsp3) is 0.562. The number of aryl methyl sites for hydroxylation is 1. The summed E-state index contributed by atoms with van der Waals surface area (Å²) in [7, 11) is 0. The van der Waals surface area contributed by atoms with Gasteiger partial charge in [-0.2, -0.15) is 0 Å². The molecule has 3 N–H and O–H groups in total. The first-order chi connectivity index (χ1) is 9.96. The summed E-state index contributed by atoms with van der Waals surface area (Å²) in [5.74, 6) is 0.805. The first-order valence-electron chi connectivity index (χ1n) is 7.37. The maximum absolute atomic E-state index is 11.7. The number of hydrogen-bond acceptors (Lipinski definition) is 3. The molecular weight excluding hydrogens is 268 g/mol. The van der Waals surface area contributed by atoms with E-state index in [-0.39, 0.29) is 24.8 Å². The molecule has 5 nitrogen and oxygen atoms in total. The molecule has 1 unspecified atom stereocenters. The number of urea groups is 1. The van der Waals surface area contributed by atoms with Crippen LogP contribution in [0.25, 0.3) is 0 Å². The molecule has 0 radical (unpaired) electrons. The van der Waals surface area contributed by atoms with E-state index in [9.17, 15) is 4.79 Å². The van der Waals surface area contributed by atoms with Crippen LogP contribution in [0.3, 0.4) is 0 Å². The number of aliphatic hydroxyl groups excluding tert-OH is 1. The maximum atomic E-state index is 11.7. The van der Waals surface area contributed by atoms with Gasteiger partial charge in [0, 0.05) is 12.1 Å². The van der Waals surface area contributed by atoms with E-state index in [0.29, 0.717) is 6.54 Å². The number of rotatable bonds is 7. The molecule has 1 aromatic rings. The summed E-state index contributed by atoms with van der Waals surface area (Å²) in [6, 6.07) is 5.38. The molecule has 2 amide bonds. The van der Waals surface area contributed by atoms with Crippen LogP contribution in [-0.2, 0) is 6.54 Å². The Hall–Kier alpha value is -1.75. The summed E-state index contributed by atoms with van der Waals surface area (Å²) < 4.78 is 5.90. The molecule has 0 spiro atoms.